The summed E-state index contributed by atoms with van der Waals surface area (Å²) in [5.74, 6) is -0.784. The number of hydrogen-bond donors (Lipinski definition) is 0. The van der Waals surface area contributed by atoms with Gasteiger partial charge in [0.15, 0.2) is 11.4 Å². The van der Waals surface area contributed by atoms with Crippen LogP contribution in [0.2, 0.25) is 0 Å². The van der Waals surface area contributed by atoms with Crippen LogP contribution in [0, 0.1) is 6.92 Å². The summed E-state index contributed by atoms with van der Waals surface area (Å²) in [5.41, 5.74) is 2.43. The van der Waals surface area contributed by atoms with Crippen LogP contribution in [0.15, 0.2) is 36.7 Å². The van der Waals surface area contributed by atoms with Crippen LogP contribution in [0.1, 0.15) is 32.1 Å². The van der Waals surface area contributed by atoms with Crippen LogP contribution < -0.4 is 0 Å². The van der Waals surface area contributed by atoms with E-state index in [9.17, 15) is 9.59 Å². The average Bonchev–Trinajstić information content (AvgIpc) is 2.61. The largest absolute Gasteiger partial charge is 0.464 e. The molecular formula is C16H17BrN2O4. The monoisotopic (exact) mass is 380 g/mol. The van der Waals surface area contributed by atoms with Gasteiger partial charge in [-0.25, -0.2) is 19.6 Å². The molecule has 0 spiro atoms. The number of aryl methyl sites for hydroxylation is 1. The Labute approximate surface area is 143 Å². The van der Waals surface area contributed by atoms with Crippen molar-refractivity contribution >= 4 is 27.9 Å². The van der Waals surface area contributed by atoms with E-state index in [2.05, 4.69) is 35.4 Å². The van der Waals surface area contributed by atoms with E-state index in [1.165, 1.54) is 14.2 Å². The maximum Gasteiger partial charge on any atom is 0.356 e. The molecule has 0 amide bonds. The van der Waals surface area contributed by atoms with Crippen LogP contribution in [0.4, 0.5) is 0 Å². The zero-order valence-corrected chi connectivity index (χ0v) is 14.7. The molecule has 23 heavy (non-hydrogen) atoms. The number of nitrogens with zero attached hydrogens (tertiary/aromatic N) is 2. The van der Waals surface area contributed by atoms with Gasteiger partial charge in [0.1, 0.15) is 0 Å². The molecule has 0 unspecified atom stereocenters. The van der Waals surface area contributed by atoms with Crippen molar-refractivity contribution in [1.82, 2.24) is 9.97 Å². The number of alkyl halides is 1. The Hall–Kier alpha value is -2.28. The lowest BCUT2D eigenvalue weighted by Crippen LogP contribution is -2.07. The van der Waals surface area contributed by atoms with Gasteiger partial charge in [-0.15, -0.1) is 0 Å². The van der Waals surface area contributed by atoms with Crippen LogP contribution in [0.25, 0.3) is 0 Å². The molecule has 0 aliphatic rings. The Bertz CT molecular complexity index is 677. The third-order valence-electron chi connectivity index (χ3n) is 2.80. The molecule has 7 heteroatoms. The molecule has 2 aromatic rings. The van der Waals surface area contributed by atoms with Crippen molar-refractivity contribution in [1.29, 1.82) is 0 Å². The Morgan fingerprint density at radius 3 is 2.04 bits per heavy atom. The van der Waals surface area contributed by atoms with E-state index in [1.807, 2.05) is 19.1 Å². The van der Waals surface area contributed by atoms with Gasteiger partial charge in [0, 0.05) is 17.7 Å². The van der Waals surface area contributed by atoms with Crippen molar-refractivity contribution in [3.63, 3.8) is 0 Å². The van der Waals surface area contributed by atoms with Gasteiger partial charge < -0.3 is 9.47 Å². The van der Waals surface area contributed by atoms with Gasteiger partial charge in [-0.3, -0.25) is 0 Å². The Kier molecular flexibility index (Phi) is 7.90. The second-order valence-corrected chi connectivity index (χ2v) is 4.86. The first kappa shape index (κ1) is 18.8. The van der Waals surface area contributed by atoms with Crippen molar-refractivity contribution in [2.45, 2.75) is 12.3 Å². The van der Waals surface area contributed by atoms with E-state index in [1.54, 1.807) is 24.5 Å². The molecule has 0 fully saturated rings. The molecule has 0 aromatic carbocycles. The number of halogens is 1. The lowest BCUT2D eigenvalue weighted by molar-refractivity contribution is 0.0584. The molecule has 0 radical (unpaired) electrons. The van der Waals surface area contributed by atoms with Gasteiger partial charge in [0.25, 0.3) is 0 Å². The summed E-state index contributed by atoms with van der Waals surface area (Å²) in [6.45, 7) is 1.82. The molecule has 0 N–H and O–H groups in total. The van der Waals surface area contributed by atoms with Crippen molar-refractivity contribution in [2.75, 3.05) is 14.2 Å². The summed E-state index contributed by atoms with van der Waals surface area (Å²) in [6, 6.07) is 7.21. The molecule has 0 saturated carbocycles. The number of ether oxygens (including phenoxy) is 2. The van der Waals surface area contributed by atoms with Crippen LogP contribution in [0.3, 0.4) is 0 Å². The maximum absolute atomic E-state index is 11.1. The normalized spacial score (nSPS) is 9.39. The van der Waals surface area contributed by atoms with Crippen molar-refractivity contribution in [3.05, 3.63) is 59.2 Å². The van der Waals surface area contributed by atoms with E-state index < -0.39 is 5.97 Å². The minimum absolute atomic E-state index is 0.372. The molecule has 0 aliphatic carbocycles. The first-order chi connectivity index (χ1) is 11.0. The first-order valence-electron chi connectivity index (χ1n) is 6.63. The number of esters is 2. The first-order valence-corrected chi connectivity index (χ1v) is 7.75. The fourth-order valence-electron chi connectivity index (χ4n) is 1.62. The number of carbonyl (C=O) groups excluding carboxylic acids is 2. The number of hydrogen-bond acceptors (Lipinski definition) is 6. The summed E-state index contributed by atoms with van der Waals surface area (Å²) in [5, 5.41) is 0.602. The van der Waals surface area contributed by atoms with E-state index in [4.69, 9.17) is 0 Å². The number of pyridine rings is 2. The molecule has 0 atom stereocenters. The zero-order chi connectivity index (χ0) is 17.2. The molecule has 122 valence electrons. The quantitative estimate of drug-likeness (QED) is 0.601. The third-order valence-corrected chi connectivity index (χ3v) is 3.41. The highest BCUT2D eigenvalue weighted by Gasteiger charge is 2.11. The van der Waals surface area contributed by atoms with Gasteiger partial charge in [0.05, 0.1) is 14.2 Å². The predicted octanol–water partition coefficient (Wildman–Crippen LogP) is 2.94. The van der Waals surface area contributed by atoms with Gasteiger partial charge in [-0.1, -0.05) is 28.1 Å². The smallest absolute Gasteiger partial charge is 0.356 e. The summed E-state index contributed by atoms with van der Waals surface area (Å²) >= 11 is 3.26. The van der Waals surface area contributed by atoms with Crippen molar-refractivity contribution < 1.29 is 19.1 Å². The third kappa shape index (κ3) is 5.45. The summed E-state index contributed by atoms with van der Waals surface area (Å²) < 4.78 is 9.07. The van der Waals surface area contributed by atoms with Crippen LogP contribution in [-0.4, -0.2) is 36.1 Å². The van der Waals surface area contributed by atoms with Gasteiger partial charge in [-0.05, 0) is 30.2 Å². The van der Waals surface area contributed by atoms with Crippen LogP contribution >= 0.6 is 15.9 Å². The van der Waals surface area contributed by atoms with Crippen molar-refractivity contribution in [2.24, 2.45) is 0 Å². The number of aromatic nitrogens is 2. The minimum atomic E-state index is -0.398. The minimum Gasteiger partial charge on any atom is -0.464 e. The maximum atomic E-state index is 11.1. The van der Waals surface area contributed by atoms with E-state index in [-0.39, 0.29) is 5.97 Å². The zero-order valence-electron chi connectivity index (χ0n) is 13.1. The molecule has 2 aromatic heterocycles. The summed E-state index contributed by atoms with van der Waals surface area (Å²) in [4.78, 5) is 29.8. The highest BCUT2D eigenvalue weighted by atomic mass is 79.9. The topological polar surface area (TPSA) is 78.4 Å². The summed E-state index contributed by atoms with van der Waals surface area (Å²) in [6.07, 6.45) is 3.14. The molecule has 2 rings (SSSR count). The molecule has 0 bridgehead atoms. The fraction of sp³-hybridized carbons (Fsp3) is 0.250. The van der Waals surface area contributed by atoms with Crippen LogP contribution in [-0.2, 0) is 14.8 Å². The Balaban J connectivity index is 0.000000231. The Morgan fingerprint density at radius 2 is 1.52 bits per heavy atom. The fourth-order valence-corrected chi connectivity index (χ4v) is 2.08. The molecule has 0 saturated heterocycles. The van der Waals surface area contributed by atoms with E-state index >= 15 is 0 Å². The van der Waals surface area contributed by atoms with E-state index in [0.29, 0.717) is 16.7 Å². The predicted molar refractivity (Wildman–Crippen MR) is 88.5 cm³/mol. The second kappa shape index (κ2) is 9.68. The molecule has 0 aliphatic heterocycles. The molecular weight excluding hydrogens is 364 g/mol. The lowest BCUT2D eigenvalue weighted by atomic mass is 10.2. The Morgan fingerprint density at radius 1 is 1.00 bits per heavy atom. The van der Waals surface area contributed by atoms with Gasteiger partial charge in [-0.2, -0.15) is 0 Å². The number of methoxy groups -OCH3 is 2. The highest BCUT2D eigenvalue weighted by Crippen LogP contribution is 2.10. The van der Waals surface area contributed by atoms with Gasteiger partial charge >= 0.3 is 11.9 Å². The number of rotatable bonds is 3. The molecule has 6 nitrogen and oxygen atoms in total. The SMILES string of the molecule is COC(=O)c1ncccc1C.COC(=O)c1ncccc1CBr. The summed E-state index contributed by atoms with van der Waals surface area (Å²) in [7, 11) is 2.69. The van der Waals surface area contributed by atoms with E-state index in [0.717, 1.165) is 11.1 Å². The van der Waals surface area contributed by atoms with Crippen LogP contribution in [0.5, 0.6) is 0 Å². The standard InChI is InChI=1S/C8H8BrNO2.C8H9NO2/c1-12-8(11)7-6(5-9)3-2-4-10-7;1-6-4-3-5-9-7(6)8(10)11-2/h2-4H,5H2,1H3;3-5H,1-2H3. The second-order valence-electron chi connectivity index (χ2n) is 4.30. The molecule has 2 heterocycles. The highest BCUT2D eigenvalue weighted by molar-refractivity contribution is 9.08. The van der Waals surface area contributed by atoms with Crippen molar-refractivity contribution in [3.8, 4) is 0 Å². The van der Waals surface area contributed by atoms with Gasteiger partial charge in [0.2, 0.25) is 0 Å². The lowest BCUT2D eigenvalue weighted by Gasteiger charge is -2.01. The number of carbonyl (C=O) groups is 2. The average molecular weight is 381 g/mol.